The van der Waals surface area contributed by atoms with Crippen LogP contribution in [0.4, 0.5) is 0 Å². The van der Waals surface area contributed by atoms with Gasteiger partial charge in [0.15, 0.2) is 5.11 Å². The van der Waals surface area contributed by atoms with Crippen LogP contribution in [0.3, 0.4) is 0 Å². The molecular formula is C14H19Cl2N3S. The molecule has 1 heterocycles. The van der Waals surface area contributed by atoms with Crippen LogP contribution in [0.5, 0.6) is 0 Å². The van der Waals surface area contributed by atoms with Gasteiger partial charge in [-0.15, -0.1) is 0 Å². The topological polar surface area (TPSA) is 18.5 Å². The second-order valence-corrected chi connectivity index (χ2v) is 6.06. The second kappa shape index (κ2) is 7.46. The third-order valence-electron chi connectivity index (χ3n) is 3.40. The van der Waals surface area contributed by atoms with Gasteiger partial charge in [0.2, 0.25) is 0 Å². The molecule has 1 saturated heterocycles. The van der Waals surface area contributed by atoms with Crippen molar-refractivity contribution in [1.82, 2.24) is 15.1 Å². The average Bonchev–Trinajstić information content (AvgIpc) is 2.43. The molecule has 1 aliphatic heterocycles. The van der Waals surface area contributed by atoms with Crippen LogP contribution in [0.15, 0.2) is 18.2 Å². The number of piperazine rings is 1. The Labute approximate surface area is 135 Å². The normalized spacial score (nSPS) is 16.2. The van der Waals surface area contributed by atoms with Crippen molar-refractivity contribution in [3.63, 3.8) is 0 Å². The number of hydrogen-bond acceptors (Lipinski definition) is 2. The first-order valence-electron chi connectivity index (χ1n) is 6.79. The molecule has 1 fully saturated rings. The Kier molecular flexibility index (Phi) is 5.90. The van der Waals surface area contributed by atoms with Gasteiger partial charge >= 0.3 is 0 Å². The highest BCUT2D eigenvalue weighted by Crippen LogP contribution is 2.22. The lowest BCUT2D eigenvalue weighted by atomic mass is 10.2. The first-order chi connectivity index (χ1) is 9.60. The molecule has 0 saturated carbocycles. The van der Waals surface area contributed by atoms with Gasteiger partial charge in [-0.2, -0.15) is 0 Å². The first kappa shape index (κ1) is 15.8. The zero-order valence-corrected chi connectivity index (χ0v) is 13.9. The van der Waals surface area contributed by atoms with Gasteiger partial charge in [-0.05, 0) is 36.8 Å². The molecule has 1 aromatic rings. The summed E-state index contributed by atoms with van der Waals surface area (Å²) in [5.41, 5.74) is 1.12. The van der Waals surface area contributed by atoms with Crippen molar-refractivity contribution >= 4 is 40.5 Å². The lowest BCUT2D eigenvalue weighted by Gasteiger charge is -2.36. The van der Waals surface area contributed by atoms with Crippen molar-refractivity contribution in [2.75, 3.05) is 32.7 Å². The van der Waals surface area contributed by atoms with Crippen LogP contribution >= 0.6 is 35.4 Å². The SMILES string of the molecule is CCNC(=S)N1CCN(Cc2ccc(Cl)cc2Cl)CC1. The largest absolute Gasteiger partial charge is 0.363 e. The lowest BCUT2D eigenvalue weighted by molar-refractivity contribution is 0.174. The Bertz CT molecular complexity index is 473. The highest BCUT2D eigenvalue weighted by molar-refractivity contribution is 7.80. The molecule has 3 nitrogen and oxygen atoms in total. The molecule has 1 aromatic carbocycles. The molecular weight excluding hydrogens is 313 g/mol. The maximum Gasteiger partial charge on any atom is 0.169 e. The van der Waals surface area contributed by atoms with Gasteiger partial charge in [-0.25, -0.2) is 0 Å². The highest BCUT2D eigenvalue weighted by atomic mass is 35.5. The summed E-state index contributed by atoms with van der Waals surface area (Å²) in [5, 5.41) is 5.48. The molecule has 0 aliphatic carbocycles. The van der Waals surface area contributed by atoms with Crippen LogP contribution in [0.2, 0.25) is 10.0 Å². The summed E-state index contributed by atoms with van der Waals surface area (Å²) in [4.78, 5) is 4.61. The summed E-state index contributed by atoms with van der Waals surface area (Å²) in [7, 11) is 0. The van der Waals surface area contributed by atoms with E-state index in [0.29, 0.717) is 5.02 Å². The van der Waals surface area contributed by atoms with E-state index in [1.165, 1.54) is 0 Å². The Morgan fingerprint density at radius 2 is 1.95 bits per heavy atom. The van der Waals surface area contributed by atoms with Crippen molar-refractivity contribution in [2.24, 2.45) is 0 Å². The summed E-state index contributed by atoms with van der Waals surface area (Å²) in [5.74, 6) is 0. The minimum Gasteiger partial charge on any atom is -0.363 e. The fraction of sp³-hybridized carbons (Fsp3) is 0.500. The molecule has 0 bridgehead atoms. The molecule has 0 radical (unpaired) electrons. The molecule has 0 atom stereocenters. The fourth-order valence-electron chi connectivity index (χ4n) is 2.26. The average molecular weight is 332 g/mol. The van der Waals surface area contributed by atoms with Gasteiger partial charge in [0.05, 0.1) is 0 Å². The predicted octanol–water partition coefficient (Wildman–Crippen LogP) is 3.01. The van der Waals surface area contributed by atoms with E-state index in [0.717, 1.165) is 55.0 Å². The quantitative estimate of drug-likeness (QED) is 0.858. The summed E-state index contributed by atoms with van der Waals surface area (Å²) < 4.78 is 0. The number of nitrogens with one attached hydrogen (secondary N) is 1. The van der Waals surface area contributed by atoms with E-state index in [2.05, 4.69) is 22.0 Å². The minimum atomic E-state index is 0.680. The summed E-state index contributed by atoms with van der Waals surface area (Å²) >= 11 is 17.5. The van der Waals surface area contributed by atoms with Gasteiger partial charge in [0, 0.05) is 49.3 Å². The number of hydrogen-bond donors (Lipinski definition) is 1. The number of nitrogens with zero attached hydrogens (tertiary/aromatic N) is 2. The van der Waals surface area contributed by atoms with E-state index in [-0.39, 0.29) is 0 Å². The van der Waals surface area contributed by atoms with E-state index < -0.39 is 0 Å². The van der Waals surface area contributed by atoms with E-state index in [4.69, 9.17) is 35.4 Å². The maximum atomic E-state index is 6.22. The summed E-state index contributed by atoms with van der Waals surface area (Å²) in [6.45, 7) is 7.69. The predicted molar refractivity (Wildman–Crippen MR) is 89.6 cm³/mol. The zero-order chi connectivity index (χ0) is 14.5. The van der Waals surface area contributed by atoms with Crippen molar-refractivity contribution in [1.29, 1.82) is 0 Å². The molecule has 1 aliphatic rings. The molecule has 0 aromatic heterocycles. The van der Waals surface area contributed by atoms with Gasteiger partial charge < -0.3 is 10.2 Å². The molecule has 0 spiro atoms. The molecule has 6 heteroatoms. The minimum absolute atomic E-state index is 0.680. The van der Waals surface area contributed by atoms with Crippen LogP contribution in [-0.2, 0) is 6.54 Å². The fourth-order valence-corrected chi connectivity index (χ4v) is 3.06. The van der Waals surface area contributed by atoms with Crippen molar-refractivity contribution in [3.05, 3.63) is 33.8 Å². The monoisotopic (exact) mass is 331 g/mol. The zero-order valence-electron chi connectivity index (χ0n) is 11.5. The molecule has 0 unspecified atom stereocenters. The standard InChI is InChI=1S/C14H19Cl2N3S/c1-2-17-14(20)19-7-5-18(6-8-19)10-11-3-4-12(15)9-13(11)16/h3-4,9H,2,5-8,10H2,1H3,(H,17,20). The molecule has 0 amide bonds. The van der Waals surface area contributed by atoms with Crippen LogP contribution in [0, 0.1) is 0 Å². The number of thiocarbonyl (C=S) groups is 1. The Morgan fingerprint density at radius 3 is 2.55 bits per heavy atom. The van der Waals surface area contributed by atoms with E-state index in [9.17, 15) is 0 Å². The first-order valence-corrected chi connectivity index (χ1v) is 7.95. The van der Waals surface area contributed by atoms with E-state index >= 15 is 0 Å². The van der Waals surface area contributed by atoms with Crippen molar-refractivity contribution < 1.29 is 0 Å². The van der Waals surface area contributed by atoms with Gasteiger partial charge in [-0.1, -0.05) is 29.3 Å². The summed E-state index contributed by atoms with van der Waals surface area (Å²) in [6.07, 6.45) is 0. The maximum absolute atomic E-state index is 6.22. The molecule has 110 valence electrons. The van der Waals surface area contributed by atoms with Crippen LogP contribution < -0.4 is 5.32 Å². The second-order valence-electron chi connectivity index (χ2n) is 4.83. The third kappa shape index (κ3) is 4.22. The van der Waals surface area contributed by atoms with Crippen molar-refractivity contribution in [3.8, 4) is 0 Å². The lowest BCUT2D eigenvalue weighted by Crippen LogP contribution is -2.51. The Hall–Kier alpha value is -0.550. The van der Waals surface area contributed by atoms with Crippen LogP contribution in [0.25, 0.3) is 0 Å². The molecule has 2 rings (SSSR count). The highest BCUT2D eigenvalue weighted by Gasteiger charge is 2.19. The van der Waals surface area contributed by atoms with E-state index in [1.807, 2.05) is 12.1 Å². The molecule has 1 N–H and O–H groups in total. The van der Waals surface area contributed by atoms with Crippen molar-refractivity contribution in [2.45, 2.75) is 13.5 Å². The molecule has 20 heavy (non-hydrogen) atoms. The van der Waals surface area contributed by atoms with Crippen LogP contribution in [0.1, 0.15) is 12.5 Å². The Morgan fingerprint density at radius 1 is 1.25 bits per heavy atom. The van der Waals surface area contributed by atoms with Gasteiger partial charge in [0.25, 0.3) is 0 Å². The van der Waals surface area contributed by atoms with E-state index in [1.54, 1.807) is 6.07 Å². The summed E-state index contributed by atoms with van der Waals surface area (Å²) in [6, 6.07) is 5.69. The number of rotatable bonds is 3. The van der Waals surface area contributed by atoms with Gasteiger partial charge in [0.1, 0.15) is 0 Å². The third-order valence-corrected chi connectivity index (χ3v) is 4.39. The number of benzene rings is 1. The smallest absolute Gasteiger partial charge is 0.169 e. The number of halogens is 2. The van der Waals surface area contributed by atoms with Gasteiger partial charge in [-0.3, -0.25) is 4.90 Å². The van der Waals surface area contributed by atoms with Crippen LogP contribution in [-0.4, -0.2) is 47.6 Å². The Balaban J connectivity index is 1.86.